The molecule has 0 aliphatic carbocycles. The first-order valence-corrected chi connectivity index (χ1v) is 10.1. The van der Waals surface area contributed by atoms with E-state index < -0.39 is 0 Å². The number of rotatable bonds is 4. The molecule has 0 unspecified atom stereocenters. The molecule has 5 nitrogen and oxygen atoms in total. The van der Waals surface area contributed by atoms with E-state index in [0.29, 0.717) is 22.0 Å². The Hall–Kier alpha value is -3.83. The molecule has 0 saturated heterocycles. The van der Waals surface area contributed by atoms with Crippen LogP contribution < -0.4 is 10.1 Å². The van der Waals surface area contributed by atoms with E-state index in [-0.39, 0.29) is 5.91 Å². The molecule has 0 bridgehead atoms. The van der Waals surface area contributed by atoms with Crippen LogP contribution in [0.15, 0.2) is 78.9 Å². The molecule has 0 atom stereocenters. The highest BCUT2D eigenvalue weighted by molar-refractivity contribution is 6.36. The van der Waals surface area contributed by atoms with Gasteiger partial charge in [0.25, 0.3) is 5.91 Å². The number of aromatic amines is 1. The summed E-state index contributed by atoms with van der Waals surface area (Å²) in [5, 5.41) is 5.22. The summed E-state index contributed by atoms with van der Waals surface area (Å²) in [7, 11) is 1.57. The van der Waals surface area contributed by atoms with Crippen LogP contribution in [0, 0.1) is 0 Å². The van der Waals surface area contributed by atoms with Gasteiger partial charge in [-0.3, -0.25) is 4.79 Å². The number of methoxy groups -OCH3 is 1. The monoisotopic (exact) mass is 427 g/mol. The third-order valence-corrected chi connectivity index (χ3v) is 5.55. The predicted octanol–water partition coefficient (Wildman–Crippen LogP) is 6.30. The van der Waals surface area contributed by atoms with Gasteiger partial charge in [0, 0.05) is 21.5 Å². The van der Waals surface area contributed by atoms with Crippen LogP contribution in [0.2, 0.25) is 5.02 Å². The number of hydrogen-bond acceptors (Lipinski definition) is 3. The zero-order valence-electron chi connectivity index (χ0n) is 16.6. The maximum Gasteiger partial charge on any atom is 0.256 e. The zero-order valence-corrected chi connectivity index (χ0v) is 17.4. The van der Waals surface area contributed by atoms with Crippen LogP contribution >= 0.6 is 11.6 Å². The molecule has 0 aliphatic rings. The second-order valence-corrected chi connectivity index (χ2v) is 7.52. The number of para-hydroxylation sites is 2. The standard InChI is InChI=1S/C25H18ClN3O2/c1-31-23-13-12-15(24-27-20-10-2-3-11-21(20)28-24)14-22(23)29-25(30)18-8-4-7-17-16(18)6-5-9-19(17)26/h2-14H,1H3,(H,27,28)(H,29,30). The maximum atomic E-state index is 13.2. The van der Waals surface area contributed by atoms with Crippen LogP contribution in [0.1, 0.15) is 10.4 Å². The number of ether oxygens (including phenoxy) is 1. The van der Waals surface area contributed by atoms with Crippen molar-refractivity contribution in [2.24, 2.45) is 0 Å². The number of halogens is 1. The SMILES string of the molecule is COc1ccc(-c2nc3ccccc3[nH]2)cc1NC(=O)c1cccc2c(Cl)cccc12. The molecule has 2 N–H and O–H groups in total. The van der Waals surface area contributed by atoms with Gasteiger partial charge >= 0.3 is 0 Å². The average Bonchev–Trinajstić information content (AvgIpc) is 3.23. The third-order valence-electron chi connectivity index (χ3n) is 5.22. The maximum absolute atomic E-state index is 13.2. The summed E-state index contributed by atoms with van der Waals surface area (Å²) in [4.78, 5) is 21.1. The Labute approximate surface area is 183 Å². The number of nitrogens with zero attached hydrogens (tertiary/aromatic N) is 1. The summed E-state index contributed by atoms with van der Waals surface area (Å²) in [5.41, 5.74) is 3.77. The molecule has 1 amide bonds. The van der Waals surface area contributed by atoms with Gasteiger partial charge in [-0.2, -0.15) is 0 Å². The lowest BCUT2D eigenvalue weighted by molar-refractivity contribution is 0.102. The molecule has 5 rings (SSSR count). The number of H-pyrrole nitrogens is 1. The molecule has 1 aromatic heterocycles. The van der Waals surface area contributed by atoms with E-state index in [4.69, 9.17) is 16.3 Å². The zero-order chi connectivity index (χ0) is 21.4. The minimum absolute atomic E-state index is 0.243. The average molecular weight is 428 g/mol. The number of fused-ring (bicyclic) bond motifs is 2. The van der Waals surface area contributed by atoms with E-state index in [0.717, 1.165) is 33.2 Å². The van der Waals surface area contributed by atoms with Gasteiger partial charge in [-0.1, -0.05) is 48.0 Å². The minimum atomic E-state index is -0.243. The summed E-state index contributed by atoms with van der Waals surface area (Å²) in [6.07, 6.45) is 0. The number of amides is 1. The number of aromatic nitrogens is 2. The fourth-order valence-electron chi connectivity index (χ4n) is 3.70. The number of benzene rings is 4. The van der Waals surface area contributed by atoms with Crippen LogP contribution in [0.5, 0.6) is 5.75 Å². The van der Waals surface area contributed by atoms with Crippen molar-refractivity contribution < 1.29 is 9.53 Å². The van der Waals surface area contributed by atoms with Crippen molar-refractivity contribution in [3.05, 3.63) is 89.4 Å². The second kappa shape index (κ2) is 7.78. The second-order valence-electron chi connectivity index (χ2n) is 7.11. The first-order valence-electron chi connectivity index (χ1n) is 9.76. The summed E-state index contributed by atoms with van der Waals surface area (Å²) in [6.45, 7) is 0. The Morgan fingerprint density at radius 1 is 0.968 bits per heavy atom. The molecule has 4 aromatic carbocycles. The van der Waals surface area contributed by atoms with Gasteiger partial charge in [-0.05, 0) is 47.9 Å². The van der Waals surface area contributed by atoms with E-state index in [1.54, 1.807) is 13.2 Å². The lowest BCUT2D eigenvalue weighted by Gasteiger charge is -2.13. The fraction of sp³-hybridized carbons (Fsp3) is 0.0400. The first-order chi connectivity index (χ1) is 15.1. The van der Waals surface area contributed by atoms with E-state index in [2.05, 4.69) is 15.3 Å². The van der Waals surface area contributed by atoms with Crippen molar-refractivity contribution >= 4 is 45.0 Å². The number of carbonyl (C=O) groups excluding carboxylic acids is 1. The van der Waals surface area contributed by atoms with Crippen molar-refractivity contribution in [1.29, 1.82) is 0 Å². The summed E-state index contributed by atoms with van der Waals surface area (Å²) in [5.74, 6) is 1.04. The molecule has 31 heavy (non-hydrogen) atoms. The summed E-state index contributed by atoms with van der Waals surface area (Å²) < 4.78 is 5.47. The van der Waals surface area contributed by atoms with Gasteiger partial charge in [0.15, 0.2) is 0 Å². The van der Waals surface area contributed by atoms with Gasteiger partial charge in [0.1, 0.15) is 11.6 Å². The number of imidazole rings is 1. The highest BCUT2D eigenvalue weighted by Crippen LogP contribution is 2.32. The highest BCUT2D eigenvalue weighted by atomic mass is 35.5. The molecule has 0 saturated carbocycles. The molecular weight excluding hydrogens is 410 g/mol. The lowest BCUT2D eigenvalue weighted by Crippen LogP contribution is -2.13. The third kappa shape index (κ3) is 3.49. The summed E-state index contributed by atoms with van der Waals surface area (Å²) >= 11 is 6.30. The summed E-state index contributed by atoms with van der Waals surface area (Å²) in [6, 6.07) is 24.5. The Kier molecular flexibility index (Phi) is 4.81. The van der Waals surface area contributed by atoms with E-state index >= 15 is 0 Å². The molecule has 0 radical (unpaired) electrons. The molecule has 152 valence electrons. The Morgan fingerprint density at radius 3 is 2.61 bits per heavy atom. The van der Waals surface area contributed by atoms with E-state index in [1.807, 2.05) is 72.8 Å². The van der Waals surface area contributed by atoms with Crippen LogP contribution in [0.25, 0.3) is 33.2 Å². The van der Waals surface area contributed by atoms with Crippen molar-refractivity contribution in [2.45, 2.75) is 0 Å². The number of anilines is 1. The predicted molar refractivity (Wildman–Crippen MR) is 125 cm³/mol. The van der Waals surface area contributed by atoms with Crippen molar-refractivity contribution in [3.8, 4) is 17.1 Å². The van der Waals surface area contributed by atoms with Gasteiger partial charge in [0.05, 0.1) is 23.8 Å². The Balaban J connectivity index is 1.53. The largest absolute Gasteiger partial charge is 0.495 e. The van der Waals surface area contributed by atoms with Crippen molar-refractivity contribution in [3.63, 3.8) is 0 Å². The van der Waals surface area contributed by atoms with Crippen LogP contribution in [-0.4, -0.2) is 23.0 Å². The van der Waals surface area contributed by atoms with E-state index in [9.17, 15) is 4.79 Å². The number of nitrogens with one attached hydrogen (secondary N) is 2. The molecule has 5 aromatic rings. The number of carbonyl (C=O) groups is 1. The van der Waals surface area contributed by atoms with Crippen molar-refractivity contribution in [2.75, 3.05) is 12.4 Å². The number of hydrogen-bond donors (Lipinski definition) is 2. The quantitative estimate of drug-likeness (QED) is 0.354. The highest BCUT2D eigenvalue weighted by Gasteiger charge is 2.15. The molecule has 6 heteroatoms. The first kappa shape index (κ1) is 19.2. The fourth-order valence-corrected chi connectivity index (χ4v) is 3.94. The molecule has 0 spiro atoms. The van der Waals surface area contributed by atoms with Gasteiger partial charge in [-0.15, -0.1) is 0 Å². The van der Waals surface area contributed by atoms with Gasteiger partial charge in [-0.25, -0.2) is 4.98 Å². The molecule has 0 fully saturated rings. The Bertz CT molecular complexity index is 1410. The van der Waals surface area contributed by atoms with Gasteiger partial charge < -0.3 is 15.0 Å². The van der Waals surface area contributed by atoms with Crippen molar-refractivity contribution in [1.82, 2.24) is 9.97 Å². The normalized spacial score (nSPS) is 11.0. The van der Waals surface area contributed by atoms with Crippen LogP contribution in [0.4, 0.5) is 5.69 Å². The van der Waals surface area contributed by atoms with E-state index in [1.165, 1.54) is 0 Å². The molecule has 1 heterocycles. The molecular formula is C25H18ClN3O2. The molecule has 0 aliphatic heterocycles. The lowest BCUT2D eigenvalue weighted by atomic mass is 10.0. The van der Waals surface area contributed by atoms with Gasteiger partial charge in [0.2, 0.25) is 0 Å². The minimum Gasteiger partial charge on any atom is -0.495 e. The van der Waals surface area contributed by atoms with Crippen LogP contribution in [0.3, 0.4) is 0 Å². The Morgan fingerprint density at radius 2 is 1.77 bits per heavy atom. The smallest absolute Gasteiger partial charge is 0.256 e. The van der Waals surface area contributed by atoms with Crippen LogP contribution in [-0.2, 0) is 0 Å². The topological polar surface area (TPSA) is 67.0 Å².